The van der Waals surface area contributed by atoms with Gasteiger partial charge in [-0.25, -0.2) is 0 Å². The summed E-state index contributed by atoms with van der Waals surface area (Å²) in [6.45, 7) is 1.72. The monoisotopic (exact) mass is 258 g/mol. The van der Waals surface area contributed by atoms with Crippen molar-refractivity contribution in [1.29, 1.82) is 0 Å². The van der Waals surface area contributed by atoms with Crippen molar-refractivity contribution < 1.29 is 9.05 Å². The van der Waals surface area contributed by atoms with Gasteiger partial charge in [-0.1, -0.05) is 44.8 Å². The minimum atomic E-state index is -1.69. The first-order chi connectivity index (χ1) is 8.29. The van der Waals surface area contributed by atoms with E-state index in [0.717, 1.165) is 31.7 Å². The molecule has 2 aliphatic rings. The summed E-state index contributed by atoms with van der Waals surface area (Å²) in [5.41, 5.74) is 0. The van der Waals surface area contributed by atoms with Gasteiger partial charge in [0.2, 0.25) is 0 Å². The van der Waals surface area contributed by atoms with Crippen LogP contribution in [0, 0.1) is 5.92 Å². The van der Waals surface area contributed by atoms with Gasteiger partial charge < -0.3 is 9.05 Å². The summed E-state index contributed by atoms with van der Waals surface area (Å²) in [5, 5.41) is 0. The van der Waals surface area contributed by atoms with Gasteiger partial charge in [0.25, 0.3) is 0 Å². The van der Waals surface area contributed by atoms with Crippen molar-refractivity contribution in [2.45, 2.75) is 57.8 Å². The summed E-state index contributed by atoms with van der Waals surface area (Å²) in [5.74, 6) is 0.967. The lowest BCUT2D eigenvalue weighted by Gasteiger charge is -2.29. The summed E-state index contributed by atoms with van der Waals surface area (Å²) in [7, 11) is -1.69. The summed E-state index contributed by atoms with van der Waals surface area (Å²) >= 11 is 0. The van der Waals surface area contributed by atoms with E-state index in [1.165, 1.54) is 51.4 Å². The Bertz CT molecular complexity index is 247. The summed E-state index contributed by atoms with van der Waals surface area (Å²) < 4.78 is 11.5. The molecular weight excluding hydrogens is 231 g/mol. The number of hydrogen-bond acceptors (Lipinski definition) is 2. The second kappa shape index (κ2) is 6.97. The molecule has 0 bridgehead atoms. The van der Waals surface area contributed by atoms with Crippen molar-refractivity contribution in [3.63, 3.8) is 0 Å². The molecule has 0 aromatic heterocycles. The van der Waals surface area contributed by atoms with Crippen molar-refractivity contribution in [2.75, 3.05) is 19.4 Å². The largest absolute Gasteiger partial charge is 0.337 e. The first-order valence-corrected chi connectivity index (χ1v) is 9.29. The van der Waals surface area contributed by atoms with E-state index < -0.39 is 7.34 Å². The third kappa shape index (κ3) is 4.77. The van der Waals surface area contributed by atoms with Crippen molar-refractivity contribution >= 4 is 13.6 Å². The maximum absolute atomic E-state index is 5.76. The normalized spacial score (nSPS) is 26.6. The predicted octanol–water partition coefficient (Wildman–Crippen LogP) is 4.45. The van der Waals surface area contributed by atoms with Gasteiger partial charge in [-0.2, -0.15) is 0 Å². The molecule has 2 fully saturated rings. The van der Waals surface area contributed by atoms with Crippen molar-refractivity contribution in [3.05, 3.63) is 0 Å². The highest BCUT2D eigenvalue weighted by atomic mass is 31.2. The van der Waals surface area contributed by atoms with Crippen LogP contribution in [-0.2, 0) is 9.05 Å². The average molecular weight is 258 g/mol. The minimum Gasteiger partial charge on any atom is -0.337 e. The first kappa shape index (κ1) is 13.6. The van der Waals surface area contributed by atoms with Gasteiger partial charge in [-0.15, -0.1) is 0 Å². The van der Waals surface area contributed by atoms with Gasteiger partial charge in [0.1, 0.15) is 7.34 Å². The lowest BCUT2D eigenvalue weighted by molar-refractivity contribution is 0.177. The van der Waals surface area contributed by atoms with E-state index in [4.69, 9.17) is 9.05 Å². The van der Waals surface area contributed by atoms with Crippen LogP contribution in [0.5, 0.6) is 0 Å². The van der Waals surface area contributed by atoms with Crippen LogP contribution >= 0.6 is 7.34 Å². The molecule has 0 spiro atoms. The van der Waals surface area contributed by atoms with Gasteiger partial charge in [-0.05, 0) is 25.2 Å². The molecule has 1 saturated carbocycles. The summed E-state index contributed by atoms with van der Waals surface area (Å²) in [4.78, 5) is 0. The maximum Gasteiger partial charge on any atom is 0.117 e. The lowest BCUT2D eigenvalue weighted by Crippen LogP contribution is -2.11. The molecule has 2 rings (SSSR count). The fourth-order valence-electron chi connectivity index (χ4n) is 2.96. The Labute approximate surface area is 106 Å². The van der Waals surface area contributed by atoms with E-state index >= 15 is 0 Å². The number of hydrogen-bond donors (Lipinski definition) is 0. The van der Waals surface area contributed by atoms with Crippen LogP contribution < -0.4 is 0 Å². The number of rotatable bonds is 4. The van der Waals surface area contributed by atoms with Gasteiger partial charge in [-0.3, -0.25) is 0 Å². The first-order valence-electron chi connectivity index (χ1n) is 7.30. The molecule has 0 unspecified atom stereocenters. The zero-order valence-corrected chi connectivity index (χ0v) is 11.9. The topological polar surface area (TPSA) is 18.5 Å². The Morgan fingerprint density at radius 2 is 1.59 bits per heavy atom. The molecule has 0 aromatic rings. The standard InChI is InChI=1S/C14H27O2P/c1-17(15-11-7-12-16-17)13-6-10-14-8-4-2-3-5-9-14/h14H,1-13H2. The van der Waals surface area contributed by atoms with E-state index in [1.807, 2.05) is 0 Å². The molecule has 0 amide bonds. The van der Waals surface area contributed by atoms with Crippen LogP contribution in [-0.4, -0.2) is 25.7 Å². The third-order valence-electron chi connectivity index (χ3n) is 4.03. The Morgan fingerprint density at radius 3 is 2.24 bits per heavy atom. The molecule has 1 saturated heterocycles. The van der Waals surface area contributed by atoms with Crippen molar-refractivity contribution in [3.8, 4) is 0 Å². The van der Waals surface area contributed by atoms with E-state index in [2.05, 4.69) is 6.30 Å². The van der Waals surface area contributed by atoms with Crippen molar-refractivity contribution in [2.24, 2.45) is 5.92 Å². The molecule has 3 heteroatoms. The van der Waals surface area contributed by atoms with E-state index in [0.29, 0.717) is 0 Å². The Kier molecular flexibility index (Phi) is 5.59. The quantitative estimate of drug-likeness (QED) is 0.547. The van der Waals surface area contributed by atoms with Crippen LogP contribution in [0.1, 0.15) is 57.8 Å². The smallest absolute Gasteiger partial charge is 0.117 e. The summed E-state index contributed by atoms with van der Waals surface area (Å²) in [6, 6.07) is 0. The highest BCUT2D eigenvalue weighted by molar-refractivity contribution is 7.64. The van der Waals surface area contributed by atoms with Gasteiger partial charge in [0.15, 0.2) is 0 Å². The Hall–Kier alpha value is 0.220. The summed E-state index contributed by atoms with van der Waals surface area (Å²) in [6.07, 6.45) is 17.6. The average Bonchev–Trinajstić information content (AvgIpc) is 2.58. The predicted molar refractivity (Wildman–Crippen MR) is 75.9 cm³/mol. The zero-order valence-electron chi connectivity index (χ0n) is 11.0. The molecule has 100 valence electrons. The van der Waals surface area contributed by atoms with E-state index in [1.54, 1.807) is 0 Å². The van der Waals surface area contributed by atoms with Crippen LogP contribution in [0.4, 0.5) is 0 Å². The van der Waals surface area contributed by atoms with E-state index in [-0.39, 0.29) is 0 Å². The minimum absolute atomic E-state index is 0.862. The van der Waals surface area contributed by atoms with Gasteiger partial charge in [0, 0.05) is 6.16 Å². The highest BCUT2D eigenvalue weighted by Crippen LogP contribution is 2.50. The lowest BCUT2D eigenvalue weighted by atomic mass is 9.95. The molecule has 17 heavy (non-hydrogen) atoms. The van der Waals surface area contributed by atoms with Gasteiger partial charge in [0.05, 0.1) is 13.2 Å². The van der Waals surface area contributed by atoms with Crippen LogP contribution in [0.25, 0.3) is 0 Å². The SMILES string of the molecule is C=P1(CCCC2CCCCCC2)OCCCO1. The van der Waals surface area contributed by atoms with E-state index in [9.17, 15) is 0 Å². The molecule has 0 aromatic carbocycles. The third-order valence-corrected chi connectivity index (χ3v) is 6.33. The fourth-order valence-corrected chi connectivity index (χ4v) is 4.88. The molecule has 1 aliphatic heterocycles. The van der Waals surface area contributed by atoms with Crippen LogP contribution in [0.2, 0.25) is 0 Å². The fraction of sp³-hybridized carbons (Fsp3) is 0.929. The molecule has 1 heterocycles. The second-order valence-corrected chi connectivity index (χ2v) is 8.15. The van der Waals surface area contributed by atoms with Gasteiger partial charge >= 0.3 is 0 Å². The second-order valence-electron chi connectivity index (χ2n) is 5.56. The molecule has 0 N–H and O–H groups in total. The molecular formula is C14H27O2P. The molecule has 0 atom stereocenters. The molecule has 0 radical (unpaired) electrons. The van der Waals surface area contributed by atoms with Crippen molar-refractivity contribution in [1.82, 2.24) is 0 Å². The maximum atomic E-state index is 5.76. The van der Waals surface area contributed by atoms with Crippen LogP contribution in [0.3, 0.4) is 0 Å². The Balaban J connectivity index is 1.65. The zero-order chi connectivity index (χ0) is 12.0. The molecule has 1 aliphatic carbocycles. The highest BCUT2D eigenvalue weighted by Gasteiger charge is 2.20. The van der Waals surface area contributed by atoms with Crippen LogP contribution in [0.15, 0.2) is 0 Å². The Morgan fingerprint density at radius 1 is 0.941 bits per heavy atom. The molecule has 2 nitrogen and oxygen atoms in total.